The van der Waals surface area contributed by atoms with Crippen LogP contribution in [0.1, 0.15) is 38.5 Å². The summed E-state index contributed by atoms with van der Waals surface area (Å²) in [6, 6.07) is 1.25. The Morgan fingerprint density at radius 1 is 1.44 bits per heavy atom. The van der Waals surface area contributed by atoms with Gasteiger partial charge in [0.2, 0.25) is 5.91 Å². The van der Waals surface area contributed by atoms with E-state index in [4.69, 9.17) is 11.0 Å². The summed E-state index contributed by atoms with van der Waals surface area (Å²) in [6.45, 7) is 0.523. The topological polar surface area (TPSA) is 70.1 Å². The highest BCUT2D eigenvalue weighted by Crippen LogP contribution is 2.27. The molecule has 1 heterocycles. The van der Waals surface area contributed by atoms with Crippen LogP contribution in [-0.4, -0.2) is 29.4 Å². The van der Waals surface area contributed by atoms with E-state index in [1.807, 2.05) is 6.08 Å². The van der Waals surface area contributed by atoms with Crippen molar-refractivity contribution in [3.05, 3.63) is 12.2 Å². The molecule has 98 valence electrons. The minimum atomic E-state index is -0.441. The lowest BCUT2D eigenvalue weighted by Gasteiger charge is -2.27. The first kappa shape index (κ1) is 13.1. The van der Waals surface area contributed by atoms with Crippen molar-refractivity contribution in [3.63, 3.8) is 0 Å². The number of nitrogens with zero attached hydrogens (tertiary/aromatic N) is 2. The van der Waals surface area contributed by atoms with Crippen LogP contribution in [0.3, 0.4) is 0 Å². The molecule has 0 aromatic heterocycles. The molecule has 2 atom stereocenters. The van der Waals surface area contributed by atoms with Crippen LogP contribution in [0, 0.1) is 17.2 Å². The number of nitrogens with two attached hydrogens (primary N) is 1. The van der Waals surface area contributed by atoms with E-state index in [0.29, 0.717) is 12.5 Å². The number of amides is 1. The molecule has 1 aliphatic heterocycles. The molecule has 0 radical (unpaired) electrons. The predicted molar refractivity (Wildman–Crippen MR) is 69.4 cm³/mol. The third-order valence-corrected chi connectivity index (χ3v) is 4.00. The third kappa shape index (κ3) is 2.91. The Balaban J connectivity index is 1.86. The Morgan fingerprint density at radius 2 is 2.17 bits per heavy atom. The average Bonchev–Trinajstić information content (AvgIpc) is 2.87. The molecule has 0 spiro atoms. The fourth-order valence-corrected chi connectivity index (χ4v) is 2.96. The molecular formula is C14H21N3O. The zero-order valence-electron chi connectivity index (χ0n) is 10.7. The number of nitriles is 1. The maximum Gasteiger partial charge on any atom is 0.241 e. The lowest BCUT2D eigenvalue weighted by Crippen LogP contribution is -2.46. The Kier molecular flexibility index (Phi) is 4.38. The minimum Gasteiger partial charge on any atom is -0.320 e. The van der Waals surface area contributed by atoms with Crippen molar-refractivity contribution in [1.82, 2.24) is 4.90 Å². The summed E-state index contributed by atoms with van der Waals surface area (Å²) >= 11 is 0. The Morgan fingerprint density at radius 3 is 2.83 bits per heavy atom. The molecule has 0 unspecified atom stereocenters. The Hall–Kier alpha value is -1.34. The lowest BCUT2D eigenvalue weighted by molar-refractivity contribution is -0.132. The number of hydrogen-bond acceptors (Lipinski definition) is 3. The Labute approximate surface area is 108 Å². The summed E-state index contributed by atoms with van der Waals surface area (Å²) in [5, 5.41) is 8.95. The molecule has 1 amide bonds. The normalized spacial score (nSPS) is 26.0. The molecule has 0 saturated heterocycles. The molecule has 4 nitrogen and oxygen atoms in total. The summed E-state index contributed by atoms with van der Waals surface area (Å²) < 4.78 is 0. The first-order valence-electron chi connectivity index (χ1n) is 6.84. The smallest absolute Gasteiger partial charge is 0.241 e. The van der Waals surface area contributed by atoms with Gasteiger partial charge in [-0.15, -0.1) is 0 Å². The van der Waals surface area contributed by atoms with Gasteiger partial charge in [0, 0.05) is 6.54 Å². The van der Waals surface area contributed by atoms with Gasteiger partial charge < -0.3 is 10.6 Å². The fraction of sp³-hybridized carbons (Fsp3) is 0.714. The largest absolute Gasteiger partial charge is 0.320 e. The van der Waals surface area contributed by atoms with E-state index in [2.05, 4.69) is 6.07 Å². The summed E-state index contributed by atoms with van der Waals surface area (Å²) in [6.07, 6.45) is 10.6. The number of carbonyl (C=O) groups is 1. The predicted octanol–water partition coefficient (Wildman–Crippen LogP) is 1.57. The van der Waals surface area contributed by atoms with Gasteiger partial charge in [-0.2, -0.15) is 5.26 Å². The molecule has 0 bridgehead atoms. The molecule has 1 saturated carbocycles. The molecule has 1 aliphatic carbocycles. The van der Waals surface area contributed by atoms with Gasteiger partial charge in [0.25, 0.3) is 0 Å². The van der Waals surface area contributed by atoms with Gasteiger partial charge in [0.15, 0.2) is 0 Å². The quantitative estimate of drug-likeness (QED) is 0.770. The third-order valence-electron chi connectivity index (χ3n) is 4.00. The standard InChI is InChI=1S/C14H21N3O/c15-10-12-7-4-8-17(12)14(18)13(16)9-11-5-2-1-3-6-11/h4,7,11-13H,1-3,5-6,8-9,16H2/t12-,13-/m0/s1. The van der Waals surface area contributed by atoms with Crippen LogP contribution >= 0.6 is 0 Å². The highest BCUT2D eigenvalue weighted by Gasteiger charge is 2.30. The molecule has 18 heavy (non-hydrogen) atoms. The van der Waals surface area contributed by atoms with Crippen molar-refractivity contribution in [2.45, 2.75) is 50.6 Å². The van der Waals surface area contributed by atoms with Crippen molar-refractivity contribution in [2.75, 3.05) is 6.54 Å². The van der Waals surface area contributed by atoms with Gasteiger partial charge in [-0.1, -0.05) is 38.2 Å². The van der Waals surface area contributed by atoms with E-state index in [0.717, 1.165) is 6.42 Å². The van der Waals surface area contributed by atoms with Crippen LogP contribution in [-0.2, 0) is 4.79 Å². The fourth-order valence-electron chi connectivity index (χ4n) is 2.96. The second kappa shape index (κ2) is 6.01. The SMILES string of the molecule is N#C[C@@H]1C=CCN1C(=O)[C@@H](N)CC1CCCCC1. The van der Waals surface area contributed by atoms with E-state index in [1.165, 1.54) is 32.1 Å². The molecule has 0 aromatic carbocycles. The maximum absolute atomic E-state index is 12.2. The second-order valence-corrected chi connectivity index (χ2v) is 5.34. The average molecular weight is 247 g/mol. The highest BCUT2D eigenvalue weighted by atomic mass is 16.2. The summed E-state index contributed by atoms with van der Waals surface area (Å²) in [5.41, 5.74) is 6.02. The molecule has 2 rings (SSSR count). The Bertz CT molecular complexity index is 366. The van der Waals surface area contributed by atoms with Crippen molar-refractivity contribution < 1.29 is 4.79 Å². The van der Waals surface area contributed by atoms with Crippen molar-refractivity contribution >= 4 is 5.91 Å². The van der Waals surface area contributed by atoms with Crippen molar-refractivity contribution in [2.24, 2.45) is 11.7 Å². The molecule has 0 aromatic rings. The van der Waals surface area contributed by atoms with Gasteiger partial charge in [-0.3, -0.25) is 4.79 Å². The van der Waals surface area contributed by atoms with Gasteiger partial charge in [0.05, 0.1) is 12.1 Å². The van der Waals surface area contributed by atoms with E-state index in [9.17, 15) is 4.79 Å². The zero-order chi connectivity index (χ0) is 13.0. The molecule has 1 fully saturated rings. The number of rotatable bonds is 3. The summed E-state index contributed by atoms with van der Waals surface area (Å²) in [5.74, 6) is 0.519. The van der Waals surface area contributed by atoms with E-state index in [1.54, 1.807) is 11.0 Å². The van der Waals surface area contributed by atoms with Crippen LogP contribution in [0.2, 0.25) is 0 Å². The van der Waals surface area contributed by atoms with E-state index in [-0.39, 0.29) is 5.91 Å². The molecule has 4 heteroatoms. The van der Waals surface area contributed by atoms with Gasteiger partial charge in [0.1, 0.15) is 6.04 Å². The van der Waals surface area contributed by atoms with Crippen LogP contribution in [0.15, 0.2) is 12.2 Å². The van der Waals surface area contributed by atoms with Gasteiger partial charge in [-0.25, -0.2) is 0 Å². The van der Waals surface area contributed by atoms with Crippen molar-refractivity contribution in [1.29, 1.82) is 5.26 Å². The zero-order valence-corrected chi connectivity index (χ0v) is 10.7. The number of hydrogen-bond donors (Lipinski definition) is 1. The summed E-state index contributed by atoms with van der Waals surface area (Å²) in [4.78, 5) is 13.8. The molecule has 2 aliphatic rings. The van der Waals surface area contributed by atoms with Crippen LogP contribution in [0.25, 0.3) is 0 Å². The van der Waals surface area contributed by atoms with E-state index < -0.39 is 12.1 Å². The first-order chi connectivity index (χ1) is 8.72. The second-order valence-electron chi connectivity index (χ2n) is 5.34. The first-order valence-corrected chi connectivity index (χ1v) is 6.84. The van der Waals surface area contributed by atoms with Crippen molar-refractivity contribution in [3.8, 4) is 6.07 Å². The van der Waals surface area contributed by atoms with E-state index >= 15 is 0 Å². The van der Waals surface area contributed by atoms with Crippen LogP contribution < -0.4 is 5.73 Å². The maximum atomic E-state index is 12.2. The van der Waals surface area contributed by atoms with Crippen LogP contribution in [0.4, 0.5) is 0 Å². The molecular weight excluding hydrogens is 226 g/mol. The van der Waals surface area contributed by atoms with Gasteiger partial charge >= 0.3 is 0 Å². The number of carbonyl (C=O) groups excluding carboxylic acids is 1. The molecule has 2 N–H and O–H groups in total. The van der Waals surface area contributed by atoms with Gasteiger partial charge in [-0.05, 0) is 18.4 Å². The monoisotopic (exact) mass is 247 g/mol. The highest BCUT2D eigenvalue weighted by molar-refractivity contribution is 5.83. The van der Waals surface area contributed by atoms with Crippen LogP contribution in [0.5, 0.6) is 0 Å². The lowest BCUT2D eigenvalue weighted by atomic mass is 9.84. The minimum absolute atomic E-state index is 0.0721. The summed E-state index contributed by atoms with van der Waals surface area (Å²) in [7, 11) is 0.